The summed E-state index contributed by atoms with van der Waals surface area (Å²) < 4.78 is 5.90. The van der Waals surface area contributed by atoms with E-state index in [0.29, 0.717) is 31.0 Å². The fourth-order valence-electron chi connectivity index (χ4n) is 3.52. The number of hydrogen-bond acceptors (Lipinski definition) is 3. The highest BCUT2D eigenvalue weighted by molar-refractivity contribution is 6.33. The van der Waals surface area contributed by atoms with Gasteiger partial charge in [0.25, 0.3) is 0 Å². The van der Waals surface area contributed by atoms with E-state index in [1.54, 1.807) is 0 Å². The first-order valence-corrected chi connectivity index (χ1v) is 9.37. The molecule has 1 aliphatic carbocycles. The summed E-state index contributed by atoms with van der Waals surface area (Å²) in [6.45, 7) is 3.01. The van der Waals surface area contributed by atoms with Crippen molar-refractivity contribution in [1.82, 2.24) is 0 Å². The maximum absolute atomic E-state index is 11.9. The minimum absolute atomic E-state index is 0.465. The summed E-state index contributed by atoms with van der Waals surface area (Å²) in [6.07, 6.45) is 1.74. The molecule has 0 aromatic heterocycles. The zero-order valence-corrected chi connectivity index (χ0v) is 15.6. The number of aliphatic carboxylic acids is 1. The molecule has 1 fully saturated rings. The summed E-state index contributed by atoms with van der Waals surface area (Å²) in [7, 11) is 0. The Bertz CT molecular complexity index is 759. The Morgan fingerprint density at radius 3 is 2.58 bits per heavy atom. The second kappa shape index (κ2) is 8.11. The maximum Gasteiger partial charge on any atom is 0.312 e. The van der Waals surface area contributed by atoms with Gasteiger partial charge in [-0.1, -0.05) is 54.4 Å². The summed E-state index contributed by atoms with van der Waals surface area (Å²) in [6, 6.07) is 15.7. The van der Waals surface area contributed by atoms with Crippen molar-refractivity contribution in [2.24, 2.45) is 5.41 Å². The van der Waals surface area contributed by atoms with Crippen molar-refractivity contribution in [3.63, 3.8) is 0 Å². The third-order valence-electron chi connectivity index (χ3n) is 5.13. The molecule has 0 spiro atoms. The van der Waals surface area contributed by atoms with Gasteiger partial charge < -0.3 is 15.2 Å². The van der Waals surface area contributed by atoms with Gasteiger partial charge in [0.05, 0.1) is 22.2 Å². The molecule has 0 aliphatic heterocycles. The van der Waals surface area contributed by atoms with Crippen molar-refractivity contribution < 1.29 is 14.6 Å². The molecule has 2 aromatic rings. The van der Waals surface area contributed by atoms with E-state index in [2.05, 4.69) is 5.32 Å². The summed E-state index contributed by atoms with van der Waals surface area (Å²) in [4.78, 5) is 11.9. The lowest BCUT2D eigenvalue weighted by Crippen LogP contribution is -2.44. The zero-order valence-electron chi connectivity index (χ0n) is 14.9. The molecular formula is C21H24ClNO3. The second-order valence-corrected chi connectivity index (χ2v) is 7.14. The number of anilines is 1. The smallest absolute Gasteiger partial charge is 0.312 e. The lowest BCUT2D eigenvalue weighted by atomic mass is 9.63. The van der Waals surface area contributed by atoms with Crippen LogP contribution in [0.15, 0.2) is 48.5 Å². The van der Waals surface area contributed by atoms with Crippen LogP contribution in [0.5, 0.6) is 0 Å². The molecule has 2 aromatic carbocycles. The maximum atomic E-state index is 11.9. The average molecular weight is 374 g/mol. The van der Waals surface area contributed by atoms with Gasteiger partial charge in [-0.25, -0.2) is 0 Å². The SMILES string of the molecule is CCOC(c1ccc(Cl)c(NCc2ccccc2)c1)C1(C(=O)O)CCC1. The fourth-order valence-corrected chi connectivity index (χ4v) is 3.71. The predicted octanol–water partition coefficient (Wildman–Crippen LogP) is 5.28. The number of carbonyl (C=O) groups is 1. The Morgan fingerprint density at radius 2 is 2.00 bits per heavy atom. The van der Waals surface area contributed by atoms with Gasteiger partial charge in [-0.15, -0.1) is 0 Å². The van der Waals surface area contributed by atoms with E-state index < -0.39 is 17.5 Å². The molecule has 0 radical (unpaired) electrons. The highest BCUT2D eigenvalue weighted by Gasteiger charge is 2.52. The van der Waals surface area contributed by atoms with Gasteiger partial charge in [0.15, 0.2) is 0 Å². The summed E-state index contributed by atoms with van der Waals surface area (Å²) >= 11 is 6.35. The minimum Gasteiger partial charge on any atom is -0.481 e. The lowest BCUT2D eigenvalue weighted by molar-refractivity contribution is -0.171. The van der Waals surface area contributed by atoms with E-state index >= 15 is 0 Å². The van der Waals surface area contributed by atoms with Gasteiger partial charge in [0, 0.05) is 13.2 Å². The second-order valence-electron chi connectivity index (χ2n) is 6.73. The molecule has 138 valence electrons. The zero-order chi connectivity index (χ0) is 18.6. The Morgan fingerprint density at radius 1 is 1.27 bits per heavy atom. The minimum atomic E-state index is -0.833. The van der Waals surface area contributed by atoms with Crippen molar-refractivity contribution in [2.45, 2.75) is 38.8 Å². The molecule has 0 amide bonds. The first-order valence-electron chi connectivity index (χ1n) is 8.99. The van der Waals surface area contributed by atoms with Crippen LogP contribution in [0.2, 0.25) is 5.02 Å². The van der Waals surface area contributed by atoms with Gasteiger partial charge in [-0.05, 0) is 43.0 Å². The van der Waals surface area contributed by atoms with Gasteiger partial charge in [0.1, 0.15) is 0 Å². The molecule has 4 nitrogen and oxygen atoms in total. The predicted molar refractivity (Wildman–Crippen MR) is 104 cm³/mol. The monoisotopic (exact) mass is 373 g/mol. The largest absolute Gasteiger partial charge is 0.481 e. The summed E-state index contributed by atoms with van der Waals surface area (Å²) in [5.74, 6) is -0.782. The number of ether oxygens (including phenoxy) is 1. The summed E-state index contributed by atoms with van der Waals surface area (Å²) in [5.41, 5.74) is 1.96. The molecule has 0 bridgehead atoms. The van der Waals surface area contributed by atoms with Crippen LogP contribution < -0.4 is 5.32 Å². The number of benzene rings is 2. The summed E-state index contributed by atoms with van der Waals surface area (Å²) in [5, 5.41) is 13.8. The molecule has 3 rings (SSSR count). The quantitative estimate of drug-likeness (QED) is 0.660. The third-order valence-corrected chi connectivity index (χ3v) is 5.46. The Balaban J connectivity index is 1.85. The number of hydrogen-bond donors (Lipinski definition) is 2. The van der Waals surface area contributed by atoms with E-state index in [4.69, 9.17) is 16.3 Å². The van der Waals surface area contributed by atoms with E-state index in [0.717, 1.165) is 23.2 Å². The molecule has 0 heterocycles. The van der Waals surface area contributed by atoms with Crippen LogP contribution in [-0.2, 0) is 16.1 Å². The van der Waals surface area contributed by atoms with Crippen LogP contribution in [0, 0.1) is 5.41 Å². The van der Waals surface area contributed by atoms with Gasteiger partial charge in [-0.2, -0.15) is 0 Å². The third kappa shape index (κ3) is 3.71. The molecule has 5 heteroatoms. The van der Waals surface area contributed by atoms with E-state index in [-0.39, 0.29) is 0 Å². The Hall–Kier alpha value is -2.04. The first kappa shape index (κ1) is 18.7. The highest BCUT2D eigenvalue weighted by atomic mass is 35.5. The van der Waals surface area contributed by atoms with Crippen molar-refractivity contribution in [1.29, 1.82) is 0 Å². The van der Waals surface area contributed by atoms with Gasteiger partial charge in [-0.3, -0.25) is 4.79 Å². The topological polar surface area (TPSA) is 58.6 Å². The molecular weight excluding hydrogens is 350 g/mol. The van der Waals surface area contributed by atoms with Crippen molar-refractivity contribution in [2.75, 3.05) is 11.9 Å². The van der Waals surface area contributed by atoms with Crippen LogP contribution in [0.1, 0.15) is 43.4 Å². The molecule has 0 saturated heterocycles. The number of carboxylic acids is 1. The molecule has 26 heavy (non-hydrogen) atoms. The van der Waals surface area contributed by atoms with Crippen LogP contribution >= 0.6 is 11.6 Å². The molecule has 1 aliphatic rings. The number of rotatable bonds is 8. The molecule has 1 atom stereocenters. The Kier molecular flexibility index (Phi) is 5.84. The molecule has 2 N–H and O–H groups in total. The Labute approximate surface area is 159 Å². The first-order chi connectivity index (χ1) is 12.6. The highest BCUT2D eigenvalue weighted by Crippen LogP contribution is 2.52. The normalized spacial score (nSPS) is 16.5. The number of nitrogens with one attached hydrogen (secondary N) is 1. The van der Waals surface area contributed by atoms with Crippen LogP contribution in [0.3, 0.4) is 0 Å². The van der Waals surface area contributed by atoms with Crippen LogP contribution in [-0.4, -0.2) is 17.7 Å². The van der Waals surface area contributed by atoms with Crippen molar-refractivity contribution in [3.05, 3.63) is 64.7 Å². The lowest BCUT2D eigenvalue weighted by Gasteiger charge is -2.43. The van der Waals surface area contributed by atoms with Crippen LogP contribution in [0.25, 0.3) is 0 Å². The molecule has 1 saturated carbocycles. The average Bonchev–Trinajstić information content (AvgIpc) is 2.60. The standard InChI is InChI=1S/C21H24ClNO3/c1-2-26-19(21(20(24)25)11-6-12-21)16-9-10-17(22)18(13-16)23-14-15-7-4-3-5-8-15/h3-5,7-10,13,19,23H,2,6,11-12,14H2,1H3,(H,24,25). The number of halogens is 1. The van der Waals surface area contributed by atoms with E-state index in [1.807, 2.05) is 55.5 Å². The fraction of sp³-hybridized carbons (Fsp3) is 0.381. The van der Waals surface area contributed by atoms with Crippen molar-refractivity contribution in [3.8, 4) is 0 Å². The molecule has 1 unspecified atom stereocenters. The van der Waals surface area contributed by atoms with Crippen molar-refractivity contribution >= 4 is 23.3 Å². The van der Waals surface area contributed by atoms with Gasteiger partial charge in [0.2, 0.25) is 0 Å². The van der Waals surface area contributed by atoms with Gasteiger partial charge >= 0.3 is 5.97 Å². The van der Waals surface area contributed by atoms with E-state index in [1.165, 1.54) is 0 Å². The van der Waals surface area contributed by atoms with E-state index in [9.17, 15) is 9.90 Å². The number of carboxylic acid groups (broad SMARTS) is 1. The van der Waals surface area contributed by atoms with Crippen LogP contribution in [0.4, 0.5) is 5.69 Å².